The van der Waals surface area contributed by atoms with Crippen molar-refractivity contribution in [2.75, 3.05) is 13.2 Å². The Morgan fingerprint density at radius 2 is 1.35 bits per heavy atom. The van der Waals surface area contributed by atoms with Gasteiger partial charge in [0.2, 0.25) is 6.29 Å². The molecule has 0 spiro atoms. The lowest BCUT2D eigenvalue weighted by atomic mass is 9.33. The normalized spacial score (nSPS) is 54.6. The van der Waals surface area contributed by atoms with Gasteiger partial charge < -0.3 is 69.7 Å². The van der Waals surface area contributed by atoms with E-state index in [1.807, 2.05) is 20.8 Å². The molecule has 0 bridgehead atoms. The fourth-order valence-electron chi connectivity index (χ4n) is 13.4. The molecule has 7 rings (SSSR count). The van der Waals surface area contributed by atoms with E-state index < -0.39 is 109 Å². The van der Waals surface area contributed by atoms with Gasteiger partial charge in [-0.1, -0.05) is 53.2 Å². The second kappa shape index (κ2) is 14.8. The van der Waals surface area contributed by atoms with E-state index in [9.17, 15) is 55.5 Å². The highest BCUT2D eigenvalue weighted by Gasteiger charge is 2.71. The lowest BCUT2D eigenvalue weighted by molar-refractivity contribution is -0.327. The molecule has 4 saturated carbocycles. The molecular weight excluding hydrogens is 744 g/mol. The number of carbonyl (C=O) groups excluding carboxylic acids is 2. The maximum atomic E-state index is 14.6. The maximum absolute atomic E-state index is 14.6. The van der Waals surface area contributed by atoms with Crippen LogP contribution in [0, 0.1) is 50.2 Å². The van der Waals surface area contributed by atoms with Gasteiger partial charge in [-0.2, -0.15) is 0 Å². The molecule has 0 aromatic rings. The van der Waals surface area contributed by atoms with E-state index in [4.69, 9.17) is 18.9 Å². The van der Waals surface area contributed by atoms with Gasteiger partial charge in [0.25, 0.3) is 0 Å². The molecule has 0 aromatic carbocycles. The van der Waals surface area contributed by atoms with Gasteiger partial charge in [-0.25, -0.2) is 0 Å². The Morgan fingerprint density at radius 1 is 0.754 bits per heavy atom. The first-order chi connectivity index (χ1) is 26.6. The SMILES string of the molecule is CC1(C)CC2C3=CCC4C5(C)CCC(OC6OC(CO)C(O)C(O)C6O)C(C)(C=O)C5CCC4(C)C3(C)CCC2(C(=O)OC2OC(CO)C(O)C(O)C2O)CC1O. The third-order valence-electron chi connectivity index (χ3n) is 17.4. The van der Waals surface area contributed by atoms with Gasteiger partial charge in [-0.3, -0.25) is 4.79 Å². The molecule has 2 saturated heterocycles. The summed E-state index contributed by atoms with van der Waals surface area (Å²) in [6.07, 6.45) is -8.39. The minimum atomic E-state index is -1.75. The van der Waals surface area contributed by atoms with E-state index in [-0.39, 0.29) is 40.4 Å². The van der Waals surface area contributed by atoms with Crippen LogP contribution in [0.5, 0.6) is 0 Å². The fraction of sp³-hybridized carbons (Fsp3) is 0.905. The van der Waals surface area contributed by atoms with E-state index in [0.29, 0.717) is 44.9 Å². The molecule has 57 heavy (non-hydrogen) atoms. The summed E-state index contributed by atoms with van der Waals surface area (Å²) in [5, 5.41) is 94.2. The van der Waals surface area contributed by atoms with Crippen LogP contribution in [-0.4, -0.2) is 145 Å². The zero-order valence-corrected chi connectivity index (χ0v) is 34.1. The first-order valence-electron chi connectivity index (χ1n) is 20.9. The summed E-state index contributed by atoms with van der Waals surface area (Å²) in [6.45, 7) is 11.6. The number of allylic oxidation sites excluding steroid dienone is 2. The van der Waals surface area contributed by atoms with Crippen molar-refractivity contribution >= 4 is 12.3 Å². The van der Waals surface area contributed by atoms with Crippen LogP contribution in [0.3, 0.4) is 0 Å². The molecular formula is C42H66O15. The lowest BCUT2D eigenvalue weighted by Crippen LogP contribution is -2.67. The molecule has 0 amide bonds. The standard InChI is InChI=1S/C42H66O15/c1-37(2)15-21-20-7-8-25-38(3)11-10-27(56-34-32(51)30(49)28(47)22(17-43)54-34)39(4,19-45)24(38)9-12-41(25,6)40(20,5)13-14-42(21,16-26(37)46)36(53)57-35-33(52)31(50)29(48)23(18-44)55-35/h7,19,21-35,43-44,46-52H,8-18H2,1-6H3. The molecule has 6 fully saturated rings. The first kappa shape index (κ1) is 43.5. The Kier molecular flexibility index (Phi) is 11.3. The third kappa shape index (κ3) is 6.27. The van der Waals surface area contributed by atoms with Gasteiger partial charge in [-0.15, -0.1) is 0 Å². The topological polar surface area (TPSA) is 253 Å². The van der Waals surface area contributed by atoms with Crippen LogP contribution in [-0.2, 0) is 28.5 Å². The number of rotatable bonds is 7. The van der Waals surface area contributed by atoms with E-state index in [1.165, 1.54) is 0 Å². The monoisotopic (exact) mass is 810 g/mol. The van der Waals surface area contributed by atoms with Crippen molar-refractivity contribution in [1.29, 1.82) is 0 Å². The van der Waals surface area contributed by atoms with E-state index in [1.54, 1.807) is 0 Å². The fourth-order valence-corrected chi connectivity index (χ4v) is 13.4. The summed E-state index contributed by atoms with van der Waals surface area (Å²) in [4.78, 5) is 27.9. The summed E-state index contributed by atoms with van der Waals surface area (Å²) in [5.41, 5.74) is -2.49. The smallest absolute Gasteiger partial charge is 0.315 e. The molecule has 2 heterocycles. The van der Waals surface area contributed by atoms with Crippen molar-refractivity contribution in [3.63, 3.8) is 0 Å². The van der Waals surface area contributed by atoms with Crippen LogP contribution in [0.1, 0.15) is 99.3 Å². The summed E-state index contributed by atoms with van der Waals surface area (Å²) >= 11 is 0. The highest BCUT2D eigenvalue weighted by Crippen LogP contribution is 2.76. The number of hydrogen-bond acceptors (Lipinski definition) is 15. The zero-order valence-electron chi connectivity index (χ0n) is 34.1. The molecule has 15 nitrogen and oxygen atoms in total. The van der Waals surface area contributed by atoms with Crippen molar-refractivity contribution in [3.05, 3.63) is 11.6 Å². The van der Waals surface area contributed by atoms with Crippen LogP contribution in [0.25, 0.3) is 0 Å². The van der Waals surface area contributed by atoms with Crippen LogP contribution in [0.4, 0.5) is 0 Å². The number of aliphatic hydroxyl groups excluding tert-OH is 9. The molecule has 0 aromatic heterocycles. The van der Waals surface area contributed by atoms with Crippen molar-refractivity contribution in [1.82, 2.24) is 0 Å². The summed E-state index contributed by atoms with van der Waals surface area (Å²) in [7, 11) is 0. The van der Waals surface area contributed by atoms with Gasteiger partial charge in [0, 0.05) is 0 Å². The summed E-state index contributed by atoms with van der Waals surface area (Å²) in [5.74, 6) is -0.946. The molecule has 7 aliphatic rings. The quantitative estimate of drug-likeness (QED) is 0.0734. The number of fused-ring (bicyclic) bond motifs is 7. The Hall–Kier alpha value is -1.60. The molecule has 20 unspecified atom stereocenters. The molecule has 324 valence electrons. The minimum absolute atomic E-state index is 0.109. The molecule has 15 heteroatoms. The van der Waals surface area contributed by atoms with Gasteiger partial charge in [0.15, 0.2) is 6.29 Å². The zero-order chi connectivity index (χ0) is 41.8. The highest BCUT2D eigenvalue weighted by atomic mass is 16.7. The predicted octanol–water partition coefficient (Wildman–Crippen LogP) is 0.466. The van der Waals surface area contributed by atoms with Gasteiger partial charge in [0.1, 0.15) is 55.1 Å². The van der Waals surface area contributed by atoms with Crippen molar-refractivity contribution in [2.45, 2.75) is 173 Å². The Bertz CT molecular complexity index is 1570. The van der Waals surface area contributed by atoms with Crippen molar-refractivity contribution < 1.29 is 74.5 Å². The summed E-state index contributed by atoms with van der Waals surface area (Å²) < 4.78 is 23.5. The van der Waals surface area contributed by atoms with Crippen molar-refractivity contribution in [3.8, 4) is 0 Å². The van der Waals surface area contributed by atoms with Crippen LogP contribution < -0.4 is 0 Å². The molecule has 20 atom stereocenters. The maximum Gasteiger partial charge on any atom is 0.315 e. The third-order valence-corrected chi connectivity index (χ3v) is 17.4. The number of carbonyl (C=O) groups is 2. The average molecular weight is 811 g/mol. The molecule has 9 N–H and O–H groups in total. The second-order valence-electron chi connectivity index (χ2n) is 20.4. The Labute approximate surface area is 334 Å². The van der Waals surface area contributed by atoms with Gasteiger partial charge >= 0.3 is 5.97 Å². The Morgan fingerprint density at radius 3 is 1.95 bits per heavy atom. The van der Waals surface area contributed by atoms with E-state index in [0.717, 1.165) is 18.3 Å². The number of ether oxygens (including phenoxy) is 4. The Balaban J connectivity index is 1.19. The highest BCUT2D eigenvalue weighted by molar-refractivity contribution is 5.79. The van der Waals surface area contributed by atoms with E-state index >= 15 is 0 Å². The van der Waals surface area contributed by atoms with Crippen LogP contribution in [0.2, 0.25) is 0 Å². The molecule has 2 aliphatic heterocycles. The van der Waals surface area contributed by atoms with Gasteiger partial charge in [-0.05, 0) is 97.2 Å². The van der Waals surface area contributed by atoms with Crippen LogP contribution >= 0.6 is 0 Å². The number of hydrogen-bond donors (Lipinski definition) is 9. The molecule has 0 radical (unpaired) electrons. The lowest BCUT2D eigenvalue weighted by Gasteiger charge is -2.71. The van der Waals surface area contributed by atoms with E-state index in [2.05, 4.69) is 26.8 Å². The largest absolute Gasteiger partial charge is 0.432 e. The second-order valence-corrected chi connectivity index (χ2v) is 20.4. The number of aldehydes is 1. The number of esters is 1. The predicted molar refractivity (Wildman–Crippen MR) is 199 cm³/mol. The molecule has 5 aliphatic carbocycles. The summed E-state index contributed by atoms with van der Waals surface area (Å²) in [6, 6.07) is 0. The first-order valence-corrected chi connectivity index (χ1v) is 20.9. The van der Waals surface area contributed by atoms with Crippen molar-refractivity contribution in [2.24, 2.45) is 50.2 Å². The number of aliphatic hydroxyl groups is 9. The minimum Gasteiger partial charge on any atom is -0.432 e. The van der Waals surface area contributed by atoms with Gasteiger partial charge in [0.05, 0.1) is 36.3 Å². The average Bonchev–Trinajstić information content (AvgIpc) is 3.17. The van der Waals surface area contributed by atoms with Crippen LogP contribution in [0.15, 0.2) is 11.6 Å².